The lowest BCUT2D eigenvalue weighted by Gasteiger charge is -2.20. The molecule has 19 heavy (non-hydrogen) atoms. The highest BCUT2D eigenvalue weighted by molar-refractivity contribution is 5.94. The number of benzene rings is 1. The van der Waals surface area contributed by atoms with Gasteiger partial charge in [-0.3, -0.25) is 4.79 Å². The second kappa shape index (κ2) is 6.47. The van der Waals surface area contributed by atoms with Crippen LogP contribution in [-0.2, 0) is 0 Å². The van der Waals surface area contributed by atoms with E-state index in [-0.39, 0.29) is 11.7 Å². The van der Waals surface area contributed by atoms with Gasteiger partial charge in [-0.05, 0) is 37.2 Å². The summed E-state index contributed by atoms with van der Waals surface area (Å²) < 4.78 is 28.3. The fraction of sp³-hybridized carbons (Fsp3) is 0.462. The maximum atomic E-state index is 12.2. The Kier molecular flexibility index (Phi) is 4.68. The highest BCUT2D eigenvalue weighted by atomic mass is 19.3. The number of carbonyl (C=O) groups excluding carboxylic acids is 1. The standard InChI is InChI=1S/C13H16F2N2O2/c14-13(15)19-11-4-2-10(3-5-11)12(18)17-8-1-6-16-7-9-17/h2-5,13,16H,1,6-9H2. The molecule has 0 bridgehead atoms. The Morgan fingerprint density at radius 2 is 1.95 bits per heavy atom. The molecule has 6 heteroatoms. The van der Waals surface area contributed by atoms with E-state index in [0.717, 1.165) is 19.5 Å². The van der Waals surface area contributed by atoms with Gasteiger partial charge < -0.3 is 15.0 Å². The van der Waals surface area contributed by atoms with Gasteiger partial charge in [0.1, 0.15) is 5.75 Å². The molecule has 1 amide bonds. The Morgan fingerprint density at radius 1 is 1.21 bits per heavy atom. The van der Waals surface area contributed by atoms with Crippen molar-refractivity contribution >= 4 is 5.91 Å². The molecule has 4 nitrogen and oxygen atoms in total. The van der Waals surface area contributed by atoms with Crippen LogP contribution in [-0.4, -0.2) is 43.6 Å². The van der Waals surface area contributed by atoms with Crippen LogP contribution in [0.15, 0.2) is 24.3 Å². The average Bonchev–Trinajstić information content (AvgIpc) is 2.67. The van der Waals surface area contributed by atoms with Gasteiger partial charge in [0.05, 0.1) is 0 Å². The number of rotatable bonds is 3. The Morgan fingerprint density at radius 3 is 2.63 bits per heavy atom. The number of nitrogens with zero attached hydrogens (tertiary/aromatic N) is 1. The van der Waals surface area contributed by atoms with Gasteiger partial charge >= 0.3 is 6.61 Å². The summed E-state index contributed by atoms with van der Waals surface area (Å²) in [4.78, 5) is 14.0. The van der Waals surface area contributed by atoms with Crippen molar-refractivity contribution in [3.8, 4) is 5.75 Å². The van der Waals surface area contributed by atoms with Gasteiger partial charge in [0, 0.05) is 25.2 Å². The van der Waals surface area contributed by atoms with E-state index in [9.17, 15) is 13.6 Å². The van der Waals surface area contributed by atoms with Crippen LogP contribution in [0, 0.1) is 0 Å². The van der Waals surface area contributed by atoms with Crippen molar-refractivity contribution in [3.63, 3.8) is 0 Å². The molecule has 1 N–H and O–H groups in total. The summed E-state index contributed by atoms with van der Waals surface area (Å²) in [6.07, 6.45) is 0.915. The smallest absolute Gasteiger partial charge is 0.387 e. The summed E-state index contributed by atoms with van der Waals surface area (Å²) in [6, 6.07) is 5.79. The molecule has 104 valence electrons. The summed E-state index contributed by atoms with van der Waals surface area (Å²) >= 11 is 0. The summed E-state index contributed by atoms with van der Waals surface area (Å²) in [7, 11) is 0. The van der Waals surface area contributed by atoms with E-state index in [1.54, 1.807) is 4.90 Å². The molecule has 0 saturated carbocycles. The van der Waals surface area contributed by atoms with Crippen LogP contribution in [0.2, 0.25) is 0 Å². The van der Waals surface area contributed by atoms with Gasteiger partial charge in [0.15, 0.2) is 0 Å². The molecular formula is C13H16F2N2O2. The van der Waals surface area contributed by atoms with Gasteiger partial charge in [-0.2, -0.15) is 8.78 Å². The summed E-state index contributed by atoms with van der Waals surface area (Å²) in [5.74, 6) is -0.0172. The molecule has 2 rings (SSSR count). The molecule has 1 fully saturated rings. The van der Waals surface area contributed by atoms with Crippen molar-refractivity contribution in [1.29, 1.82) is 0 Å². The molecule has 1 aromatic rings. The van der Waals surface area contributed by atoms with E-state index in [1.165, 1.54) is 24.3 Å². The van der Waals surface area contributed by atoms with E-state index in [2.05, 4.69) is 10.1 Å². The van der Waals surface area contributed by atoms with E-state index in [0.29, 0.717) is 18.7 Å². The minimum Gasteiger partial charge on any atom is -0.435 e. The number of hydrogen-bond acceptors (Lipinski definition) is 3. The number of amides is 1. The third-order valence-corrected chi connectivity index (χ3v) is 2.95. The molecule has 0 atom stereocenters. The molecule has 1 saturated heterocycles. The predicted molar refractivity (Wildman–Crippen MR) is 66.5 cm³/mol. The summed E-state index contributed by atoms with van der Waals surface area (Å²) in [5, 5.41) is 3.22. The van der Waals surface area contributed by atoms with Gasteiger partial charge in [0.25, 0.3) is 5.91 Å². The van der Waals surface area contributed by atoms with E-state index < -0.39 is 6.61 Å². The first-order valence-electron chi connectivity index (χ1n) is 6.21. The molecule has 0 unspecified atom stereocenters. The molecule has 1 aliphatic heterocycles. The number of hydrogen-bond donors (Lipinski definition) is 1. The number of ether oxygens (including phenoxy) is 1. The van der Waals surface area contributed by atoms with E-state index >= 15 is 0 Å². The Balaban J connectivity index is 2.02. The maximum Gasteiger partial charge on any atom is 0.387 e. The highest BCUT2D eigenvalue weighted by Crippen LogP contribution is 2.16. The zero-order chi connectivity index (χ0) is 13.7. The molecule has 0 aliphatic carbocycles. The normalized spacial score (nSPS) is 16.3. The van der Waals surface area contributed by atoms with Crippen molar-refractivity contribution in [2.75, 3.05) is 26.2 Å². The molecule has 1 heterocycles. The van der Waals surface area contributed by atoms with Gasteiger partial charge in [-0.25, -0.2) is 0 Å². The minimum absolute atomic E-state index is 0.0593. The van der Waals surface area contributed by atoms with Gasteiger partial charge in [0.2, 0.25) is 0 Å². The van der Waals surface area contributed by atoms with Crippen molar-refractivity contribution < 1.29 is 18.3 Å². The second-order valence-electron chi connectivity index (χ2n) is 4.30. The van der Waals surface area contributed by atoms with Crippen LogP contribution < -0.4 is 10.1 Å². The Labute approximate surface area is 110 Å². The van der Waals surface area contributed by atoms with Crippen molar-refractivity contribution in [2.24, 2.45) is 0 Å². The number of halogens is 2. The minimum atomic E-state index is -2.85. The summed E-state index contributed by atoms with van der Waals surface area (Å²) in [5.41, 5.74) is 0.489. The Hall–Kier alpha value is -1.69. The second-order valence-corrected chi connectivity index (χ2v) is 4.30. The average molecular weight is 270 g/mol. The molecule has 1 aliphatic rings. The van der Waals surface area contributed by atoms with Crippen molar-refractivity contribution in [2.45, 2.75) is 13.0 Å². The van der Waals surface area contributed by atoms with Crippen LogP contribution in [0.25, 0.3) is 0 Å². The third-order valence-electron chi connectivity index (χ3n) is 2.95. The van der Waals surface area contributed by atoms with E-state index in [4.69, 9.17) is 0 Å². The zero-order valence-corrected chi connectivity index (χ0v) is 10.4. The quantitative estimate of drug-likeness (QED) is 0.909. The lowest BCUT2D eigenvalue weighted by molar-refractivity contribution is -0.0498. The van der Waals surface area contributed by atoms with Crippen LogP contribution in [0.1, 0.15) is 16.8 Å². The molecular weight excluding hydrogens is 254 g/mol. The lowest BCUT2D eigenvalue weighted by atomic mass is 10.2. The fourth-order valence-corrected chi connectivity index (χ4v) is 2.01. The van der Waals surface area contributed by atoms with Crippen molar-refractivity contribution in [1.82, 2.24) is 10.2 Å². The first-order chi connectivity index (χ1) is 9.16. The predicted octanol–water partition coefficient (Wildman–Crippen LogP) is 1.72. The third kappa shape index (κ3) is 3.89. The number of nitrogens with one attached hydrogen (secondary N) is 1. The molecule has 0 aromatic heterocycles. The zero-order valence-electron chi connectivity index (χ0n) is 10.4. The van der Waals surface area contributed by atoms with Crippen LogP contribution in [0.5, 0.6) is 5.75 Å². The molecule has 1 aromatic carbocycles. The van der Waals surface area contributed by atoms with Crippen LogP contribution in [0.4, 0.5) is 8.78 Å². The van der Waals surface area contributed by atoms with Crippen LogP contribution in [0.3, 0.4) is 0 Å². The highest BCUT2D eigenvalue weighted by Gasteiger charge is 2.17. The molecule has 0 radical (unpaired) electrons. The number of carbonyl (C=O) groups is 1. The fourth-order valence-electron chi connectivity index (χ4n) is 2.01. The van der Waals surface area contributed by atoms with E-state index in [1.807, 2.05) is 0 Å². The van der Waals surface area contributed by atoms with Gasteiger partial charge in [-0.1, -0.05) is 0 Å². The molecule has 0 spiro atoms. The largest absolute Gasteiger partial charge is 0.435 e. The van der Waals surface area contributed by atoms with Crippen LogP contribution >= 0.6 is 0 Å². The monoisotopic (exact) mass is 270 g/mol. The van der Waals surface area contributed by atoms with Crippen molar-refractivity contribution in [3.05, 3.63) is 29.8 Å². The van der Waals surface area contributed by atoms with Gasteiger partial charge in [-0.15, -0.1) is 0 Å². The topological polar surface area (TPSA) is 41.6 Å². The maximum absolute atomic E-state index is 12.2. The first kappa shape index (κ1) is 13.7. The number of alkyl halides is 2. The summed E-state index contributed by atoms with van der Waals surface area (Å²) in [6.45, 7) is 0.205. The Bertz CT molecular complexity index is 415. The first-order valence-corrected chi connectivity index (χ1v) is 6.21. The SMILES string of the molecule is O=C(c1ccc(OC(F)F)cc1)N1CCCNCC1. The lowest BCUT2D eigenvalue weighted by Crippen LogP contribution is -2.34.